The first-order valence-electron chi connectivity index (χ1n) is 8.64. The van der Waals surface area contributed by atoms with E-state index in [1.165, 1.54) is 0 Å². The maximum Gasteiger partial charge on any atom is 0.256 e. The third-order valence-corrected chi connectivity index (χ3v) is 4.60. The van der Waals surface area contributed by atoms with E-state index in [2.05, 4.69) is 5.32 Å². The lowest BCUT2D eigenvalue weighted by atomic mass is 10.0. The Morgan fingerprint density at radius 3 is 2.52 bits per heavy atom. The minimum Gasteiger partial charge on any atom is -0.322 e. The number of halogens is 1. The first-order valence-corrected chi connectivity index (χ1v) is 9.02. The summed E-state index contributed by atoms with van der Waals surface area (Å²) in [6, 6.07) is 24.8. The van der Waals surface area contributed by atoms with Crippen molar-refractivity contribution in [3.05, 3.63) is 95.0 Å². The summed E-state index contributed by atoms with van der Waals surface area (Å²) in [6.45, 7) is 1.99. The summed E-state index contributed by atoms with van der Waals surface area (Å²) < 4.78 is 0. The number of anilines is 1. The second-order valence-corrected chi connectivity index (χ2v) is 6.84. The molecule has 0 aliphatic carbocycles. The summed E-state index contributed by atoms with van der Waals surface area (Å²) in [4.78, 5) is 17.8. The van der Waals surface area contributed by atoms with Crippen LogP contribution in [0.1, 0.15) is 15.9 Å². The second kappa shape index (κ2) is 7.22. The van der Waals surface area contributed by atoms with Gasteiger partial charge < -0.3 is 5.32 Å². The van der Waals surface area contributed by atoms with E-state index >= 15 is 0 Å². The van der Waals surface area contributed by atoms with Crippen LogP contribution in [0.25, 0.3) is 22.2 Å². The third kappa shape index (κ3) is 3.69. The number of aryl methyl sites for hydroxylation is 1. The van der Waals surface area contributed by atoms with Crippen LogP contribution in [-0.2, 0) is 0 Å². The molecule has 0 radical (unpaired) electrons. The van der Waals surface area contributed by atoms with Crippen molar-refractivity contribution >= 4 is 34.1 Å². The molecule has 3 nitrogen and oxygen atoms in total. The van der Waals surface area contributed by atoms with Crippen molar-refractivity contribution in [2.24, 2.45) is 0 Å². The molecule has 1 heterocycles. The van der Waals surface area contributed by atoms with Crippen molar-refractivity contribution in [2.45, 2.75) is 6.92 Å². The molecule has 132 valence electrons. The Kier molecular flexibility index (Phi) is 4.61. The third-order valence-electron chi connectivity index (χ3n) is 4.36. The molecule has 1 N–H and O–H groups in total. The van der Waals surface area contributed by atoms with Gasteiger partial charge in [-0.25, -0.2) is 4.98 Å². The van der Waals surface area contributed by atoms with E-state index in [9.17, 15) is 4.79 Å². The second-order valence-electron chi connectivity index (χ2n) is 6.41. The Morgan fingerprint density at radius 1 is 0.926 bits per heavy atom. The summed E-state index contributed by atoms with van der Waals surface area (Å²) in [5, 5.41) is 4.28. The zero-order chi connectivity index (χ0) is 18.8. The average Bonchev–Trinajstić information content (AvgIpc) is 2.68. The first-order chi connectivity index (χ1) is 13.1. The minimum atomic E-state index is -0.188. The number of nitrogens with one attached hydrogen (secondary N) is 1. The van der Waals surface area contributed by atoms with Crippen LogP contribution in [0, 0.1) is 6.92 Å². The van der Waals surface area contributed by atoms with Crippen molar-refractivity contribution in [3.63, 3.8) is 0 Å². The van der Waals surface area contributed by atoms with E-state index in [1.807, 2.05) is 73.7 Å². The number of carbonyl (C=O) groups excluding carboxylic acids is 1. The molecular formula is C23H17ClN2O. The van der Waals surface area contributed by atoms with E-state index < -0.39 is 0 Å². The van der Waals surface area contributed by atoms with Crippen molar-refractivity contribution in [3.8, 4) is 11.3 Å². The molecule has 1 amide bonds. The number of benzene rings is 3. The van der Waals surface area contributed by atoms with Crippen molar-refractivity contribution in [1.29, 1.82) is 0 Å². The molecule has 0 bridgehead atoms. The number of hydrogen-bond donors (Lipinski definition) is 1. The lowest BCUT2D eigenvalue weighted by Gasteiger charge is -2.11. The van der Waals surface area contributed by atoms with E-state index in [4.69, 9.17) is 16.6 Å². The SMILES string of the molecule is Cc1cccc(NC(=O)c2cc(-c3ccccc3)nc3ccc(Cl)cc23)c1. The Morgan fingerprint density at radius 2 is 1.74 bits per heavy atom. The van der Waals surface area contributed by atoms with Crippen molar-refractivity contribution < 1.29 is 4.79 Å². The van der Waals surface area contributed by atoms with Crippen molar-refractivity contribution in [1.82, 2.24) is 4.98 Å². The highest BCUT2D eigenvalue weighted by Crippen LogP contribution is 2.27. The van der Waals surface area contributed by atoms with Crippen LogP contribution in [0.5, 0.6) is 0 Å². The number of rotatable bonds is 3. The van der Waals surface area contributed by atoms with Crippen LogP contribution in [0.15, 0.2) is 78.9 Å². The van der Waals surface area contributed by atoms with Gasteiger partial charge in [0.1, 0.15) is 0 Å². The normalized spacial score (nSPS) is 10.7. The van der Waals surface area contributed by atoms with Crippen LogP contribution >= 0.6 is 11.6 Å². The summed E-state index contributed by atoms with van der Waals surface area (Å²) in [7, 11) is 0. The van der Waals surface area contributed by atoms with Gasteiger partial charge in [-0.2, -0.15) is 0 Å². The fraction of sp³-hybridized carbons (Fsp3) is 0.0435. The highest BCUT2D eigenvalue weighted by Gasteiger charge is 2.15. The number of hydrogen-bond acceptors (Lipinski definition) is 2. The lowest BCUT2D eigenvalue weighted by Crippen LogP contribution is -2.13. The molecule has 3 aromatic carbocycles. The average molecular weight is 373 g/mol. The molecule has 0 saturated carbocycles. The van der Waals surface area contributed by atoms with Gasteiger partial charge >= 0.3 is 0 Å². The molecule has 0 aliphatic rings. The molecule has 4 aromatic rings. The number of aromatic nitrogens is 1. The van der Waals surface area contributed by atoms with Gasteiger partial charge in [0.15, 0.2) is 0 Å². The van der Waals surface area contributed by atoms with Gasteiger partial charge in [-0.1, -0.05) is 54.1 Å². The van der Waals surface area contributed by atoms with Gasteiger partial charge in [-0.3, -0.25) is 4.79 Å². The van der Waals surface area contributed by atoms with E-state index in [1.54, 1.807) is 12.1 Å². The molecule has 27 heavy (non-hydrogen) atoms. The summed E-state index contributed by atoms with van der Waals surface area (Å²) in [5.74, 6) is -0.188. The smallest absolute Gasteiger partial charge is 0.256 e. The number of nitrogens with zero attached hydrogens (tertiary/aromatic N) is 1. The predicted molar refractivity (Wildman–Crippen MR) is 111 cm³/mol. The molecule has 1 aromatic heterocycles. The van der Waals surface area contributed by atoms with Gasteiger partial charge in [-0.05, 0) is 48.9 Å². The Balaban J connectivity index is 1.84. The molecular weight excluding hydrogens is 356 g/mol. The van der Waals surface area contributed by atoms with Crippen LogP contribution in [0.3, 0.4) is 0 Å². The summed E-state index contributed by atoms with van der Waals surface area (Å²) in [6.07, 6.45) is 0. The molecule has 0 spiro atoms. The highest BCUT2D eigenvalue weighted by atomic mass is 35.5. The lowest BCUT2D eigenvalue weighted by molar-refractivity contribution is 0.102. The van der Waals surface area contributed by atoms with Gasteiger partial charge in [-0.15, -0.1) is 0 Å². The molecule has 4 rings (SSSR count). The van der Waals surface area contributed by atoms with Crippen LogP contribution in [0.2, 0.25) is 5.02 Å². The number of amides is 1. The maximum absolute atomic E-state index is 13.1. The van der Waals surface area contributed by atoms with E-state index in [0.717, 1.165) is 33.4 Å². The topological polar surface area (TPSA) is 42.0 Å². The molecule has 0 unspecified atom stereocenters. The zero-order valence-electron chi connectivity index (χ0n) is 14.7. The van der Waals surface area contributed by atoms with Crippen molar-refractivity contribution in [2.75, 3.05) is 5.32 Å². The molecule has 0 aliphatic heterocycles. The predicted octanol–water partition coefficient (Wildman–Crippen LogP) is 6.12. The minimum absolute atomic E-state index is 0.188. The van der Waals surface area contributed by atoms with Crippen LogP contribution in [-0.4, -0.2) is 10.9 Å². The number of carbonyl (C=O) groups is 1. The molecule has 4 heteroatoms. The Hall–Kier alpha value is -3.17. The fourth-order valence-corrected chi connectivity index (χ4v) is 3.24. The van der Waals surface area contributed by atoms with Crippen LogP contribution < -0.4 is 5.32 Å². The number of fused-ring (bicyclic) bond motifs is 1. The fourth-order valence-electron chi connectivity index (χ4n) is 3.06. The summed E-state index contributed by atoms with van der Waals surface area (Å²) >= 11 is 6.17. The monoisotopic (exact) mass is 372 g/mol. The maximum atomic E-state index is 13.1. The Bertz CT molecular complexity index is 1140. The molecule has 0 fully saturated rings. The largest absolute Gasteiger partial charge is 0.322 e. The van der Waals surface area contributed by atoms with Gasteiger partial charge in [0.2, 0.25) is 0 Å². The van der Waals surface area contributed by atoms with Gasteiger partial charge in [0.25, 0.3) is 5.91 Å². The number of pyridine rings is 1. The zero-order valence-corrected chi connectivity index (χ0v) is 15.5. The van der Waals surface area contributed by atoms with E-state index in [0.29, 0.717) is 10.6 Å². The summed E-state index contributed by atoms with van der Waals surface area (Å²) in [5.41, 5.74) is 4.82. The molecule has 0 atom stereocenters. The molecule has 0 saturated heterocycles. The Labute approximate surface area is 162 Å². The van der Waals surface area contributed by atoms with Gasteiger partial charge in [0.05, 0.1) is 16.8 Å². The highest BCUT2D eigenvalue weighted by molar-refractivity contribution is 6.31. The standard InChI is InChI=1S/C23H17ClN2O/c1-15-6-5-9-18(12-15)25-23(27)20-14-22(16-7-3-2-4-8-16)26-21-11-10-17(24)13-19(20)21/h2-14H,1H3,(H,25,27). The van der Waals surface area contributed by atoms with E-state index in [-0.39, 0.29) is 5.91 Å². The quantitative estimate of drug-likeness (QED) is 0.471. The van der Waals surface area contributed by atoms with Crippen LogP contribution in [0.4, 0.5) is 5.69 Å². The van der Waals surface area contributed by atoms with Gasteiger partial charge in [0, 0.05) is 21.7 Å². The first kappa shape index (κ1) is 17.3.